The summed E-state index contributed by atoms with van der Waals surface area (Å²) in [6.07, 6.45) is 5.65. The van der Waals surface area contributed by atoms with E-state index in [1.807, 2.05) is 13.3 Å². The van der Waals surface area contributed by atoms with Gasteiger partial charge in [-0.1, -0.05) is 13.3 Å². The molecular weight excluding hydrogens is 155 g/mol. The van der Waals surface area contributed by atoms with E-state index in [-0.39, 0.29) is 13.3 Å². The first kappa shape index (κ1) is 17.2. The maximum Gasteiger partial charge on any atom is 0.214 e. The third-order valence-corrected chi connectivity index (χ3v) is 0.869. The molecule has 0 aliphatic carbocycles. The van der Waals surface area contributed by atoms with Crippen LogP contribution in [0.5, 0.6) is 0 Å². The van der Waals surface area contributed by atoms with Crippen molar-refractivity contribution in [1.82, 2.24) is 0 Å². The highest BCUT2D eigenvalue weighted by atomic mass is 16.1. The van der Waals surface area contributed by atoms with Gasteiger partial charge in [0, 0.05) is 21.4 Å². The number of rotatable bonds is 3. The highest BCUT2D eigenvalue weighted by Gasteiger charge is 1.74. The minimum absolute atomic E-state index is 0. The lowest BCUT2D eigenvalue weighted by Gasteiger charge is -1.83. The molecule has 72 valence electrons. The van der Waals surface area contributed by atoms with Gasteiger partial charge in [-0.3, -0.25) is 4.79 Å². The molecule has 0 fully saturated rings. The summed E-state index contributed by atoms with van der Waals surface area (Å²) in [5, 5.41) is 0. The van der Waals surface area contributed by atoms with Gasteiger partial charge in [0.1, 0.15) is 0 Å². The smallest absolute Gasteiger partial charge is 0.214 e. The van der Waals surface area contributed by atoms with Gasteiger partial charge < -0.3 is 10.7 Å². The molecule has 0 rings (SSSR count). The first-order valence-electron chi connectivity index (χ1n) is 3.81. The zero-order chi connectivity index (χ0) is 9.11. The van der Waals surface area contributed by atoms with E-state index in [0.29, 0.717) is 0 Å². The van der Waals surface area contributed by atoms with Gasteiger partial charge in [0.15, 0.2) is 0 Å². The Labute approximate surface area is 76.1 Å². The highest BCUT2D eigenvalue weighted by Crippen LogP contribution is 1.88. The summed E-state index contributed by atoms with van der Waals surface area (Å²) in [6, 6.07) is 0. The molecule has 3 heteroatoms. The molecule has 0 aliphatic heterocycles. The first-order valence-corrected chi connectivity index (χ1v) is 3.81. The Morgan fingerprint density at radius 2 is 2.00 bits per heavy atom. The normalized spacial score (nSPS) is 8.25. The molecule has 0 atom stereocenters. The van der Waals surface area contributed by atoms with E-state index >= 15 is 0 Å². The number of nitrogens with two attached hydrogens (primary N) is 1. The van der Waals surface area contributed by atoms with Crippen LogP contribution in [0.3, 0.4) is 0 Å². The largest absolute Gasteiger partial charge is 0.370 e. The van der Waals surface area contributed by atoms with Gasteiger partial charge in [0.25, 0.3) is 0 Å². The fourth-order valence-electron chi connectivity index (χ4n) is 0.425. The van der Waals surface area contributed by atoms with Crippen LogP contribution in [0.4, 0.5) is 0 Å². The summed E-state index contributed by atoms with van der Waals surface area (Å²) in [5.74, 6) is -0.333. The number of hydrogen-bond donors (Lipinski definition) is 1. The second-order valence-corrected chi connectivity index (χ2v) is 2.19. The zero-order valence-corrected chi connectivity index (χ0v) is 8.63. The maximum atomic E-state index is 9.22. The average molecular weight is 176 g/mol. The maximum absolute atomic E-state index is 9.22. The van der Waals surface area contributed by atoms with Crippen molar-refractivity contribution in [2.75, 3.05) is 7.05 Å². The van der Waals surface area contributed by atoms with Crippen molar-refractivity contribution < 1.29 is 4.79 Å². The monoisotopic (exact) mass is 176 g/mol. The fourth-order valence-corrected chi connectivity index (χ4v) is 0.425. The van der Waals surface area contributed by atoms with Crippen LogP contribution < -0.4 is 5.73 Å². The lowest BCUT2D eigenvalue weighted by atomic mass is 10.3. The van der Waals surface area contributed by atoms with E-state index in [9.17, 15) is 4.79 Å². The Morgan fingerprint density at radius 3 is 2.25 bits per heavy atom. The number of carbonyl (C=O) groups is 1. The van der Waals surface area contributed by atoms with Crippen LogP contribution in [0, 0.1) is 7.43 Å². The van der Waals surface area contributed by atoms with Crippen LogP contribution in [0.1, 0.15) is 33.1 Å². The number of hydrogen-bond acceptors (Lipinski definition) is 2. The summed E-state index contributed by atoms with van der Waals surface area (Å²) < 4.78 is 0. The van der Waals surface area contributed by atoms with E-state index in [0.717, 1.165) is 6.42 Å². The molecule has 2 N–H and O–H groups in total. The molecule has 0 bridgehead atoms. The van der Waals surface area contributed by atoms with E-state index in [1.54, 1.807) is 0 Å². The van der Waals surface area contributed by atoms with Gasteiger partial charge in [0.05, 0.1) is 0 Å². The highest BCUT2D eigenvalue weighted by molar-refractivity contribution is 5.70. The lowest BCUT2D eigenvalue weighted by molar-refractivity contribution is -0.115. The Morgan fingerprint density at radius 1 is 1.58 bits per heavy atom. The summed E-state index contributed by atoms with van der Waals surface area (Å²) >= 11 is 0. The standard InChI is InChI=1S/C6H13N.C2H5NO.CH3/c1-3-4-5-6-7-2;1-2(3)4;/h6H,3-5H2,1-2H3;1H3,(H2,3,4);1H3/q;;+1/i1+1,2+1;;1+1. The Kier molecular flexibility index (Phi) is 23.7. The quantitative estimate of drug-likeness (QED) is 0.303. The predicted molar refractivity (Wildman–Crippen MR) is 55.2 cm³/mol. The molecular formula is C9H21N2O+. The molecule has 0 aromatic rings. The number of primary amides is 1. The number of amides is 1. The van der Waals surface area contributed by atoms with Gasteiger partial charge >= 0.3 is 0 Å². The van der Waals surface area contributed by atoms with Crippen molar-refractivity contribution in [2.24, 2.45) is 10.7 Å². The van der Waals surface area contributed by atoms with Gasteiger partial charge in [-0.25, -0.2) is 0 Å². The molecule has 0 radical (unpaired) electrons. The van der Waals surface area contributed by atoms with Crippen LogP contribution in [-0.4, -0.2) is 19.2 Å². The van der Waals surface area contributed by atoms with Gasteiger partial charge in [-0.05, 0) is 19.1 Å². The molecule has 1 amide bonds. The van der Waals surface area contributed by atoms with Gasteiger partial charge in [0.2, 0.25) is 5.91 Å². The average Bonchev–Trinajstić information content (AvgIpc) is 1.88. The van der Waals surface area contributed by atoms with Gasteiger partial charge in [-0.2, -0.15) is 0 Å². The molecule has 0 aliphatic rings. The lowest BCUT2D eigenvalue weighted by Crippen LogP contribution is -2.01. The van der Waals surface area contributed by atoms with E-state index in [2.05, 4.69) is 17.6 Å². The number of nitrogens with zero attached hydrogens (tertiary/aromatic N) is 1. The molecule has 3 nitrogen and oxygen atoms in total. The minimum atomic E-state index is -0.333. The molecule has 0 unspecified atom stereocenters. The molecule has 0 aromatic heterocycles. The van der Waals surface area contributed by atoms with Crippen molar-refractivity contribution in [1.29, 1.82) is 0 Å². The summed E-state index contributed by atoms with van der Waals surface area (Å²) in [6.45, 7) is 3.49. The van der Waals surface area contributed by atoms with Crippen LogP contribution in [0.15, 0.2) is 4.99 Å². The van der Waals surface area contributed by atoms with Crippen molar-refractivity contribution in [3.05, 3.63) is 7.43 Å². The topological polar surface area (TPSA) is 55.5 Å². The third kappa shape index (κ3) is 63.8. The van der Waals surface area contributed by atoms with E-state index in [4.69, 9.17) is 0 Å². The Bertz CT molecular complexity index is 107. The van der Waals surface area contributed by atoms with Crippen LogP contribution in [0.25, 0.3) is 0 Å². The van der Waals surface area contributed by atoms with Crippen LogP contribution in [-0.2, 0) is 4.79 Å². The van der Waals surface area contributed by atoms with Crippen LogP contribution in [0.2, 0.25) is 0 Å². The molecule has 0 spiro atoms. The second-order valence-electron chi connectivity index (χ2n) is 2.19. The number of aliphatic imine (C=N–C) groups is 1. The fraction of sp³-hybridized carbons (Fsp3) is 0.667. The van der Waals surface area contributed by atoms with Gasteiger partial charge in [-0.15, -0.1) is 0 Å². The van der Waals surface area contributed by atoms with Crippen LogP contribution >= 0.6 is 0 Å². The molecule has 0 heterocycles. The Hall–Kier alpha value is -0.990. The minimum Gasteiger partial charge on any atom is -0.370 e. The zero-order valence-electron chi connectivity index (χ0n) is 8.63. The molecule has 0 saturated heterocycles. The molecule has 0 aromatic carbocycles. The Balaban J connectivity index is -0.000000142. The summed E-state index contributed by atoms with van der Waals surface area (Å²) in [4.78, 5) is 13.1. The van der Waals surface area contributed by atoms with Crippen molar-refractivity contribution in [3.63, 3.8) is 0 Å². The first-order chi connectivity index (χ1) is 5.15. The van der Waals surface area contributed by atoms with Crippen molar-refractivity contribution in [3.8, 4) is 0 Å². The van der Waals surface area contributed by atoms with E-state index in [1.165, 1.54) is 19.8 Å². The number of carbonyl (C=O) groups excluding carboxylic acids is 1. The second kappa shape index (κ2) is 16.5. The SMILES string of the molecule is CC(N)=O.[13CH3+].[13CH3]CCCC=N[13CH3]. The summed E-state index contributed by atoms with van der Waals surface area (Å²) in [5.41, 5.74) is 4.47. The summed E-state index contributed by atoms with van der Waals surface area (Å²) in [7, 11) is 1.82. The van der Waals surface area contributed by atoms with E-state index < -0.39 is 0 Å². The van der Waals surface area contributed by atoms with Crippen molar-refractivity contribution in [2.45, 2.75) is 33.1 Å². The number of unbranched alkanes of at least 4 members (excludes halogenated alkanes) is 2. The third-order valence-electron chi connectivity index (χ3n) is 0.869. The molecule has 12 heavy (non-hydrogen) atoms. The molecule has 0 saturated carbocycles. The predicted octanol–water partition coefficient (Wildman–Crippen LogP) is 1.82. The van der Waals surface area contributed by atoms with Crippen molar-refractivity contribution >= 4 is 12.1 Å².